The van der Waals surface area contributed by atoms with Gasteiger partial charge in [0.15, 0.2) is 0 Å². The summed E-state index contributed by atoms with van der Waals surface area (Å²) in [5.41, 5.74) is 1.96. The highest BCUT2D eigenvalue weighted by Gasteiger charge is 2.20. The van der Waals surface area contributed by atoms with Gasteiger partial charge >= 0.3 is 6.09 Å². The van der Waals surface area contributed by atoms with Crippen LogP contribution in [0.25, 0.3) is 11.3 Å². The smallest absolute Gasteiger partial charge is 0.404 e. The Balaban J connectivity index is 1.57. The standard InChI is InChI=1S/C17H23N5O2/c1-21-12-14(11-19-21)15-3-2-4-16(20-15)22-9-6-13(7-10-22)5-8-18-17(23)24/h2-4,11-13,18H,5-10H2,1H3,(H,23,24). The number of hydrogen-bond donors (Lipinski definition) is 2. The van der Waals surface area contributed by atoms with Gasteiger partial charge in [-0.3, -0.25) is 4.68 Å². The summed E-state index contributed by atoms with van der Waals surface area (Å²) in [7, 11) is 1.90. The Kier molecular flexibility index (Phi) is 4.98. The number of hydrogen-bond acceptors (Lipinski definition) is 4. The molecule has 1 aliphatic heterocycles. The van der Waals surface area contributed by atoms with Gasteiger partial charge in [0.1, 0.15) is 5.82 Å². The molecule has 0 atom stereocenters. The van der Waals surface area contributed by atoms with Crippen molar-refractivity contribution in [3.63, 3.8) is 0 Å². The van der Waals surface area contributed by atoms with E-state index in [0.29, 0.717) is 12.5 Å². The fraction of sp³-hybridized carbons (Fsp3) is 0.471. The van der Waals surface area contributed by atoms with Crippen LogP contribution in [0.5, 0.6) is 0 Å². The van der Waals surface area contributed by atoms with E-state index in [0.717, 1.165) is 49.4 Å². The summed E-state index contributed by atoms with van der Waals surface area (Å²) < 4.78 is 1.78. The summed E-state index contributed by atoms with van der Waals surface area (Å²) in [4.78, 5) is 17.6. The van der Waals surface area contributed by atoms with E-state index < -0.39 is 6.09 Å². The quantitative estimate of drug-likeness (QED) is 0.880. The first kappa shape index (κ1) is 16.3. The molecule has 24 heavy (non-hydrogen) atoms. The van der Waals surface area contributed by atoms with Crippen molar-refractivity contribution < 1.29 is 9.90 Å². The Morgan fingerprint density at radius 3 is 2.83 bits per heavy atom. The van der Waals surface area contributed by atoms with Crippen molar-refractivity contribution in [2.75, 3.05) is 24.5 Å². The monoisotopic (exact) mass is 329 g/mol. The van der Waals surface area contributed by atoms with Crippen LogP contribution in [-0.4, -0.2) is 45.6 Å². The van der Waals surface area contributed by atoms with E-state index in [-0.39, 0.29) is 0 Å². The third kappa shape index (κ3) is 4.04. The van der Waals surface area contributed by atoms with Gasteiger partial charge in [0.25, 0.3) is 0 Å². The van der Waals surface area contributed by atoms with Crippen LogP contribution in [0, 0.1) is 5.92 Å². The van der Waals surface area contributed by atoms with Crippen molar-refractivity contribution in [1.29, 1.82) is 0 Å². The molecule has 0 bridgehead atoms. The Morgan fingerprint density at radius 1 is 1.38 bits per heavy atom. The van der Waals surface area contributed by atoms with Crippen LogP contribution in [0.3, 0.4) is 0 Å². The van der Waals surface area contributed by atoms with E-state index in [1.165, 1.54) is 0 Å². The maximum atomic E-state index is 10.5. The zero-order valence-corrected chi connectivity index (χ0v) is 13.9. The molecule has 0 aliphatic carbocycles. The minimum absolute atomic E-state index is 0.536. The van der Waals surface area contributed by atoms with Crippen LogP contribution in [0.4, 0.5) is 10.6 Å². The number of rotatable bonds is 5. The molecule has 128 valence electrons. The van der Waals surface area contributed by atoms with Crippen LogP contribution >= 0.6 is 0 Å². The van der Waals surface area contributed by atoms with E-state index in [9.17, 15) is 4.79 Å². The second-order valence-corrected chi connectivity index (χ2v) is 6.23. The van der Waals surface area contributed by atoms with E-state index in [1.54, 1.807) is 4.68 Å². The van der Waals surface area contributed by atoms with Crippen LogP contribution in [0.15, 0.2) is 30.6 Å². The molecule has 7 heteroatoms. The topological polar surface area (TPSA) is 83.3 Å². The van der Waals surface area contributed by atoms with Gasteiger partial charge in [0, 0.05) is 38.4 Å². The highest BCUT2D eigenvalue weighted by Crippen LogP contribution is 2.25. The molecule has 7 nitrogen and oxygen atoms in total. The molecular formula is C17H23N5O2. The van der Waals surface area contributed by atoms with E-state index in [1.807, 2.05) is 37.6 Å². The summed E-state index contributed by atoms with van der Waals surface area (Å²) in [6.07, 6.45) is 5.90. The molecule has 0 aromatic carbocycles. The third-order valence-electron chi connectivity index (χ3n) is 4.50. The number of nitrogens with one attached hydrogen (secondary N) is 1. The maximum Gasteiger partial charge on any atom is 0.404 e. The predicted molar refractivity (Wildman–Crippen MR) is 92.0 cm³/mol. The molecule has 0 saturated carbocycles. The first-order valence-electron chi connectivity index (χ1n) is 8.29. The number of nitrogens with zero attached hydrogens (tertiary/aromatic N) is 4. The van der Waals surface area contributed by atoms with Gasteiger partial charge in [-0.25, -0.2) is 9.78 Å². The molecule has 2 aromatic heterocycles. The first-order valence-corrected chi connectivity index (χ1v) is 8.29. The molecular weight excluding hydrogens is 306 g/mol. The first-order chi connectivity index (χ1) is 11.6. The van der Waals surface area contributed by atoms with Gasteiger partial charge in [-0.05, 0) is 37.3 Å². The molecule has 1 fully saturated rings. The molecule has 1 aliphatic rings. The molecule has 0 unspecified atom stereocenters. The SMILES string of the molecule is Cn1cc(-c2cccc(N3CCC(CCNC(=O)O)CC3)n2)cn1. The van der Waals surface area contributed by atoms with Crippen molar-refractivity contribution in [3.05, 3.63) is 30.6 Å². The lowest BCUT2D eigenvalue weighted by molar-refractivity contribution is 0.193. The number of pyridine rings is 1. The fourth-order valence-electron chi connectivity index (χ4n) is 3.15. The van der Waals surface area contributed by atoms with E-state index in [4.69, 9.17) is 10.1 Å². The van der Waals surface area contributed by atoms with Crippen molar-refractivity contribution in [2.24, 2.45) is 13.0 Å². The number of aromatic nitrogens is 3. The summed E-state index contributed by atoms with van der Waals surface area (Å²) >= 11 is 0. The summed E-state index contributed by atoms with van der Waals surface area (Å²) in [5, 5.41) is 15.3. The normalized spacial score (nSPS) is 15.5. The lowest BCUT2D eigenvalue weighted by atomic mass is 9.93. The van der Waals surface area contributed by atoms with E-state index in [2.05, 4.69) is 15.3 Å². The predicted octanol–water partition coefficient (Wildman–Crippen LogP) is 2.36. The largest absolute Gasteiger partial charge is 0.465 e. The number of aryl methyl sites for hydroxylation is 1. The summed E-state index contributed by atoms with van der Waals surface area (Å²) in [6.45, 7) is 2.46. The van der Waals surface area contributed by atoms with Gasteiger partial charge in [0.2, 0.25) is 0 Å². The highest BCUT2D eigenvalue weighted by molar-refractivity contribution is 5.64. The summed E-state index contributed by atoms with van der Waals surface area (Å²) in [6, 6.07) is 6.09. The fourth-order valence-corrected chi connectivity index (χ4v) is 3.15. The second kappa shape index (κ2) is 7.33. The number of piperidine rings is 1. The van der Waals surface area contributed by atoms with Gasteiger partial charge < -0.3 is 15.3 Å². The van der Waals surface area contributed by atoms with Crippen LogP contribution in [0.2, 0.25) is 0 Å². The Morgan fingerprint density at radius 2 is 2.17 bits per heavy atom. The maximum absolute atomic E-state index is 10.5. The number of amides is 1. The lowest BCUT2D eigenvalue weighted by Gasteiger charge is -2.33. The average molecular weight is 329 g/mol. The molecule has 0 spiro atoms. The molecule has 3 heterocycles. The Bertz CT molecular complexity index is 692. The second-order valence-electron chi connectivity index (χ2n) is 6.23. The van der Waals surface area contributed by atoms with Crippen molar-refractivity contribution in [2.45, 2.75) is 19.3 Å². The Labute approximate surface area is 141 Å². The van der Waals surface area contributed by atoms with Gasteiger partial charge in [-0.15, -0.1) is 0 Å². The highest BCUT2D eigenvalue weighted by atomic mass is 16.4. The molecule has 2 aromatic rings. The van der Waals surface area contributed by atoms with Crippen LogP contribution in [0.1, 0.15) is 19.3 Å². The van der Waals surface area contributed by atoms with Crippen molar-refractivity contribution >= 4 is 11.9 Å². The molecule has 1 amide bonds. The molecule has 2 N–H and O–H groups in total. The Hall–Kier alpha value is -2.57. The molecule has 0 radical (unpaired) electrons. The van der Waals surface area contributed by atoms with Gasteiger partial charge in [0.05, 0.1) is 11.9 Å². The van der Waals surface area contributed by atoms with Crippen LogP contribution < -0.4 is 10.2 Å². The average Bonchev–Trinajstić information content (AvgIpc) is 3.02. The lowest BCUT2D eigenvalue weighted by Crippen LogP contribution is -2.35. The zero-order chi connectivity index (χ0) is 16.9. The van der Waals surface area contributed by atoms with Gasteiger partial charge in [-0.1, -0.05) is 6.07 Å². The van der Waals surface area contributed by atoms with E-state index >= 15 is 0 Å². The summed E-state index contributed by atoms with van der Waals surface area (Å²) in [5.74, 6) is 1.58. The zero-order valence-electron chi connectivity index (χ0n) is 13.9. The van der Waals surface area contributed by atoms with Crippen LogP contribution in [-0.2, 0) is 7.05 Å². The van der Waals surface area contributed by atoms with Crippen molar-refractivity contribution in [1.82, 2.24) is 20.1 Å². The number of anilines is 1. The van der Waals surface area contributed by atoms with Crippen molar-refractivity contribution in [3.8, 4) is 11.3 Å². The minimum atomic E-state index is -0.941. The molecule has 3 rings (SSSR count). The third-order valence-corrected chi connectivity index (χ3v) is 4.50. The van der Waals surface area contributed by atoms with Gasteiger partial charge in [-0.2, -0.15) is 5.10 Å². The number of carboxylic acid groups (broad SMARTS) is 1. The minimum Gasteiger partial charge on any atom is -0.465 e. The molecule has 1 saturated heterocycles. The number of carbonyl (C=O) groups is 1.